The molecule has 0 aliphatic heterocycles. The zero-order valence-corrected chi connectivity index (χ0v) is 9.44. The summed E-state index contributed by atoms with van der Waals surface area (Å²) in [6, 6.07) is 2.86. The van der Waals surface area contributed by atoms with Crippen molar-refractivity contribution in [3.63, 3.8) is 0 Å². The van der Waals surface area contributed by atoms with Crippen LogP contribution in [0.2, 0.25) is 0 Å². The first-order chi connectivity index (χ1) is 6.03. The third kappa shape index (κ3) is 3.43. The predicted molar refractivity (Wildman–Crippen MR) is 55.5 cm³/mol. The van der Waals surface area contributed by atoms with Crippen molar-refractivity contribution in [3.05, 3.63) is 29.8 Å². The third-order valence-corrected chi connectivity index (χ3v) is 3.32. The molecule has 0 spiro atoms. The molecule has 1 rings (SSSR count). The Morgan fingerprint density at radius 1 is 1.54 bits per heavy atom. The number of rotatable bonds is 3. The van der Waals surface area contributed by atoms with Crippen molar-refractivity contribution >= 4 is 15.9 Å². The van der Waals surface area contributed by atoms with E-state index < -0.39 is 0 Å². The quantitative estimate of drug-likeness (QED) is 0.746. The Balaban J connectivity index is 2.74. The molecule has 0 saturated carbocycles. The fourth-order valence-electron chi connectivity index (χ4n) is 1.08. The van der Waals surface area contributed by atoms with Crippen LogP contribution in [0.15, 0.2) is 18.3 Å². The van der Waals surface area contributed by atoms with Crippen molar-refractivity contribution in [1.29, 1.82) is 0 Å². The van der Waals surface area contributed by atoms with Gasteiger partial charge in [0.05, 0.1) is 0 Å². The Labute approximate surface area is 86.5 Å². The summed E-state index contributed by atoms with van der Waals surface area (Å²) >= 11 is 3.43. The van der Waals surface area contributed by atoms with Crippen molar-refractivity contribution in [1.82, 2.24) is 4.98 Å². The van der Waals surface area contributed by atoms with Crippen molar-refractivity contribution in [2.24, 2.45) is 5.41 Å². The Kier molecular flexibility index (Phi) is 3.42. The molecule has 0 bridgehead atoms. The smallest absolute Gasteiger partial charge is 0.126 e. The maximum absolute atomic E-state index is 12.8. The summed E-state index contributed by atoms with van der Waals surface area (Å²) in [5, 5.41) is 0.887. The largest absolute Gasteiger partial charge is 0.261 e. The molecule has 0 aliphatic carbocycles. The van der Waals surface area contributed by atoms with Crippen molar-refractivity contribution in [3.8, 4) is 0 Å². The molecule has 0 radical (unpaired) electrons. The van der Waals surface area contributed by atoms with Gasteiger partial charge in [0.25, 0.3) is 0 Å². The molecule has 13 heavy (non-hydrogen) atoms. The van der Waals surface area contributed by atoms with E-state index in [-0.39, 0.29) is 11.2 Å². The third-order valence-electron chi connectivity index (χ3n) is 1.80. The summed E-state index contributed by atoms with van der Waals surface area (Å²) < 4.78 is 12.8. The van der Waals surface area contributed by atoms with Crippen molar-refractivity contribution < 1.29 is 4.39 Å². The van der Waals surface area contributed by atoms with Gasteiger partial charge in [-0.05, 0) is 24.0 Å². The molecule has 0 aromatic carbocycles. The van der Waals surface area contributed by atoms with Crippen LogP contribution < -0.4 is 0 Å². The van der Waals surface area contributed by atoms with Crippen LogP contribution in [0, 0.1) is 11.2 Å². The lowest BCUT2D eigenvalue weighted by Crippen LogP contribution is -2.17. The van der Waals surface area contributed by atoms with Gasteiger partial charge in [-0.3, -0.25) is 4.98 Å². The summed E-state index contributed by atoms with van der Waals surface area (Å²) in [6.07, 6.45) is 2.30. The molecule has 0 amide bonds. The topological polar surface area (TPSA) is 12.9 Å². The standard InChI is InChI=1S/C10H13BrFN/c1-10(2,7-11)6-9-5-8(12)3-4-13-9/h3-5H,6-7H2,1-2H3. The van der Waals surface area contributed by atoms with Crippen LogP contribution in [0.5, 0.6) is 0 Å². The molecule has 0 N–H and O–H groups in total. The molecule has 0 unspecified atom stereocenters. The van der Waals surface area contributed by atoms with E-state index in [0.29, 0.717) is 0 Å². The zero-order chi connectivity index (χ0) is 9.90. The maximum Gasteiger partial charge on any atom is 0.126 e. The first kappa shape index (κ1) is 10.6. The van der Waals surface area contributed by atoms with Gasteiger partial charge in [-0.2, -0.15) is 0 Å². The van der Waals surface area contributed by atoms with Crippen molar-refractivity contribution in [2.75, 3.05) is 5.33 Å². The number of aromatic nitrogens is 1. The number of nitrogens with zero attached hydrogens (tertiary/aromatic N) is 1. The van der Waals surface area contributed by atoms with E-state index in [1.807, 2.05) is 0 Å². The lowest BCUT2D eigenvalue weighted by Gasteiger charge is -2.20. The number of hydrogen-bond donors (Lipinski definition) is 0. The van der Waals surface area contributed by atoms with Crippen LogP contribution in [0.1, 0.15) is 19.5 Å². The minimum Gasteiger partial charge on any atom is -0.261 e. The fourth-order valence-corrected chi connectivity index (χ4v) is 1.28. The summed E-state index contributed by atoms with van der Waals surface area (Å²) in [6.45, 7) is 4.24. The number of alkyl halides is 1. The molecule has 1 aromatic rings. The predicted octanol–water partition coefficient (Wildman–Crippen LogP) is 3.18. The Bertz CT molecular complexity index is 286. The number of pyridine rings is 1. The fraction of sp³-hybridized carbons (Fsp3) is 0.500. The highest BCUT2D eigenvalue weighted by molar-refractivity contribution is 9.09. The van der Waals surface area contributed by atoms with Gasteiger partial charge < -0.3 is 0 Å². The minimum absolute atomic E-state index is 0.126. The molecule has 0 atom stereocenters. The minimum atomic E-state index is -0.213. The van der Waals surface area contributed by atoms with Gasteiger partial charge in [0.2, 0.25) is 0 Å². The summed E-state index contributed by atoms with van der Waals surface area (Å²) in [5.74, 6) is -0.213. The summed E-state index contributed by atoms with van der Waals surface area (Å²) in [4.78, 5) is 4.11. The zero-order valence-electron chi connectivity index (χ0n) is 7.85. The molecule has 1 heterocycles. The second-order valence-corrected chi connectivity index (χ2v) is 4.50. The molecule has 3 heteroatoms. The average molecular weight is 246 g/mol. The van der Waals surface area contributed by atoms with Crippen LogP contribution in [0.25, 0.3) is 0 Å². The van der Waals surface area contributed by atoms with Gasteiger partial charge in [-0.1, -0.05) is 29.8 Å². The maximum atomic E-state index is 12.8. The molecule has 1 nitrogen and oxygen atoms in total. The first-order valence-corrected chi connectivity index (χ1v) is 5.32. The molecule has 72 valence electrons. The van der Waals surface area contributed by atoms with Gasteiger partial charge in [0, 0.05) is 17.2 Å². The second kappa shape index (κ2) is 4.18. The highest BCUT2D eigenvalue weighted by Crippen LogP contribution is 2.23. The van der Waals surface area contributed by atoms with Crippen LogP contribution in [0.4, 0.5) is 4.39 Å². The van der Waals surface area contributed by atoms with E-state index in [1.165, 1.54) is 18.3 Å². The first-order valence-electron chi connectivity index (χ1n) is 4.20. The molecule has 0 saturated heterocycles. The lowest BCUT2D eigenvalue weighted by molar-refractivity contribution is 0.418. The van der Waals surface area contributed by atoms with Crippen LogP contribution in [0.3, 0.4) is 0 Å². The Morgan fingerprint density at radius 2 is 2.23 bits per heavy atom. The monoisotopic (exact) mass is 245 g/mol. The number of hydrogen-bond acceptors (Lipinski definition) is 1. The normalized spacial score (nSPS) is 11.7. The van der Waals surface area contributed by atoms with Gasteiger partial charge in [0.15, 0.2) is 0 Å². The average Bonchev–Trinajstić information content (AvgIpc) is 2.03. The molecule has 1 aromatic heterocycles. The molecule has 0 aliphatic rings. The second-order valence-electron chi connectivity index (χ2n) is 3.94. The Hall–Kier alpha value is -0.440. The van der Waals surface area contributed by atoms with Crippen molar-refractivity contribution in [2.45, 2.75) is 20.3 Å². The van der Waals surface area contributed by atoms with E-state index in [0.717, 1.165) is 17.4 Å². The number of halogens is 2. The van der Waals surface area contributed by atoms with Crippen LogP contribution in [-0.4, -0.2) is 10.3 Å². The lowest BCUT2D eigenvalue weighted by atomic mass is 9.90. The van der Waals surface area contributed by atoms with Gasteiger partial charge in [-0.15, -0.1) is 0 Å². The SMILES string of the molecule is CC(C)(CBr)Cc1cc(F)ccn1. The van der Waals surface area contributed by atoms with Crippen LogP contribution in [-0.2, 0) is 6.42 Å². The molecular weight excluding hydrogens is 233 g/mol. The highest BCUT2D eigenvalue weighted by atomic mass is 79.9. The van der Waals surface area contributed by atoms with Gasteiger partial charge in [0.1, 0.15) is 5.82 Å². The summed E-state index contributed by atoms with van der Waals surface area (Å²) in [7, 11) is 0. The Morgan fingerprint density at radius 3 is 2.77 bits per heavy atom. The summed E-state index contributed by atoms with van der Waals surface area (Å²) in [5.41, 5.74) is 0.935. The van der Waals surface area contributed by atoms with Gasteiger partial charge >= 0.3 is 0 Å². The van der Waals surface area contributed by atoms with E-state index in [1.54, 1.807) is 0 Å². The molecular formula is C10H13BrFN. The molecule has 0 fully saturated rings. The van der Waals surface area contributed by atoms with Gasteiger partial charge in [-0.25, -0.2) is 4.39 Å². The van der Waals surface area contributed by atoms with E-state index in [9.17, 15) is 4.39 Å². The van der Waals surface area contributed by atoms with E-state index in [2.05, 4.69) is 34.8 Å². The van der Waals surface area contributed by atoms with E-state index >= 15 is 0 Å². The highest BCUT2D eigenvalue weighted by Gasteiger charge is 2.17. The van der Waals surface area contributed by atoms with E-state index in [4.69, 9.17) is 0 Å². The van der Waals surface area contributed by atoms with Crippen LogP contribution >= 0.6 is 15.9 Å².